The molecule has 7 heteroatoms. The van der Waals surface area contributed by atoms with Crippen LogP contribution in [0.25, 0.3) is 0 Å². The van der Waals surface area contributed by atoms with Crippen LogP contribution in [0.3, 0.4) is 0 Å². The maximum atomic E-state index is 12.0. The third kappa shape index (κ3) is 4.15. The molecule has 0 unspecified atom stereocenters. The summed E-state index contributed by atoms with van der Waals surface area (Å²) in [6, 6.07) is 11.9. The van der Waals surface area contributed by atoms with Crippen molar-refractivity contribution in [1.29, 1.82) is 0 Å². The Morgan fingerprint density at radius 3 is 2.52 bits per heavy atom. The number of amides is 1. The van der Waals surface area contributed by atoms with E-state index < -0.39 is 5.91 Å². The molecule has 2 aromatic rings. The summed E-state index contributed by atoms with van der Waals surface area (Å²) in [5.41, 5.74) is 0.588. The predicted octanol–water partition coefficient (Wildman–Crippen LogP) is 3.88. The average Bonchev–Trinajstić information content (AvgIpc) is 2.56. The van der Waals surface area contributed by atoms with Crippen molar-refractivity contribution in [3.8, 4) is 11.5 Å². The molecule has 0 bridgehead atoms. The quantitative estimate of drug-likeness (QED) is 0.656. The lowest BCUT2D eigenvalue weighted by Crippen LogP contribution is -2.28. The van der Waals surface area contributed by atoms with Gasteiger partial charge in [-0.1, -0.05) is 40.5 Å². The molecule has 2 rings (SSSR count). The van der Waals surface area contributed by atoms with Crippen LogP contribution >= 0.6 is 23.2 Å². The van der Waals surface area contributed by atoms with E-state index in [1.165, 1.54) is 14.2 Å². The van der Waals surface area contributed by atoms with Crippen molar-refractivity contribution < 1.29 is 14.4 Å². The molecule has 0 saturated carbocycles. The molecule has 0 aliphatic heterocycles. The van der Waals surface area contributed by atoms with Crippen LogP contribution in [0, 0.1) is 0 Å². The number of likely N-dealkylation sites (N-methyl/N-ethyl adjacent to an activating group) is 1. The lowest BCUT2D eigenvalue weighted by Gasteiger charge is -2.12. The zero-order valence-electron chi connectivity index (χ0n) is 12.5. The summed E-state index contributed by atoms with van der Waals surface area (Å²) in [7, 11) is 2.88. The van der Waals surface area contributed by atoms with Gasteiger partial charge in [0.15, 0.2) is 5.71 Å². The molecule has 120 valence electrons. The molecule has 0 fully saturated rings. The molecule has 23 heavy (non-hydrogen) atoms. The van der Waals surface area contributed by atoms with Crippen LogP contribution in [-0.2, 0) is 9.63 Å². The van der Waals surface area contributed by atoms with E-state index in [0.29, 0.717) is 27.1 Å². The lowest BCUT2D eigenvalue weighted by molar-refractivity contribution is -0.114. The Hall–Kier alpha value is -2.24. The minimum absolute atomic E-state index is 0.102. The van der Waals surface area contributed by atoms with E-state index in [1.807, 2.05) is 0 Å². The maximum Gasteiger partial charge on any atom is 0.273 e. The van der Waals surface area contributed by atoms with Crippen molar-refractivity contribution >= 4 is 34.8 Å². The number of halogens is 2. The molecule has 5 nitrogen and oxygen atoms in total. The van der Waals surface area contributed by atoms with Crippen molar-refractivity contribution in [2.75, 3.05) is 14.2 Å². The Kier molecular flexibility index (Phi) is 5.84. The lowest BCUT2D eigenvalue weighted by atomic mass is 10.1. The highest BCUT2D eigenvalue weighted by Crippen LogP contribution is 2.31. The Balaban J connectivity index is 2.42. The molecule has 2 aromatic carbocycles. The monoisotopic (exact) mass is 352 g/mol. The number of ether oxygens (including phenoxy) is 1. The zero-order valence-corrected chi connectivity index (χ0v) is 14.0. The highest BCUT2D eigenvalue weighted by Gasteiger charge is 2.18. The van der Waals surface area contributed by atoms with Gasteiger partial charge in [-0.3, -0.25) is 4.79 Å². The van der Waals surface area contributed by atoms with Crippen LogP contribution in [0.4, 0.5) is 0 Å². The van der Waals surface area contributed by atoms with E-state index in [9.17, 15) is 4.79 Å². The Bertz CT molecular complexity index is 748. The number of rotatable bonds is 5. The van der Waals surface area contributed by atoms with Crippen molar-refractivity contribution in [3.05, 3.63) is 58.1 Å². The molecule has 0 radical (unpaired) electrons. The van der Waals surface area contributed by atoms with Gasteiger partial charge in [0.25, 0.3) is 5.91 Å². The fourth-order valence-corrected chi connectivity index (χ4v) is 2.13. The summed E-state index contributed by atoms with van der Waals surface area (Å²) in [5, 5.41) is 7.09. The first-order chi connectivity index (χ1) is 11.1. The van der Waals surface area contributed by atoms with Gasteiger partial charge < -0.3 is 14.9 Å². The van der Waals surface area contributed by atoms with Crippen LogP contribution in [0.15, 0.2) is 47.6 Å². The Morgan fingerprint density at radius 2 is 1.87 bits per heavy atom. The molecule has 0 saturated heterocycles. The fraction of sp³-hybridized carbons (Fsp3) is 0.125. The third-order valence-electron chi connectivity index (χ3n) is 2.89. The van der Waals surface area contributed by atoms with E-state index >= 15 is 0 Å². The first kappa shape index (κ1) is 17.1. The number of carbonyl (C=O) groups excluding carboxylic acids is 1. The van der Waals surface area contributed by atoms with Crippen LogP contribution in [0.2, 0.25) is 10.0 Å². The van der Waals surface area contributed by atoms with Gasteiger partial charge in [0, 0.05) is 13.1 Å². The van der Waals surface area contributed by atoms with E-state index in [-0.39, 0.29) is 5.71 Å². The second-order valence-corrected chi connectivity index (χ2v) is 5.19. The van der Waals surface area contributed by atoms with Gasteiger partial charge in [-0.15, -0.1) is 0 Å². The molecule has 0 atom stereocenters. The Labute approximate surface area is 143 Å². The summed E-state index contributed by atoms with van der Waals surface area (Å²) in [6.07, 6.45) is 0. The van der Waals surface area contributed by atoms with E-state index in [0.717, 1.165) is 0 Å². The standard InChI is InChI=1S/C16H14Cl2N2O3/c1-19-16(21)15(20-22-2)11-5-3-4-6-14(11)23-10-7-8-12(17)13(18)9-10/h3-9H,1-2H3,(H,19,21)/b20-15+. The van der Waals surface area contributed by atoms with Crippen LogP contribution in [0.1, 0.15) is 5.56 Å². The molecule has 0 aliphatic rings. The number of nitrogens with zero attached hydrogens (tertiary/aromatic N) is 1. The minimum Gasteiger partial charge on any atom is -0.457 e. The number of hydrogen-bond acceptors (Lipinski definition) is 4. The van der Waals surface area contributed by atoms with Gasteiger partial charge in [0.2, 0.25) is 0 Å². The smallest absolute Gasteiger partial charge is 0.273 e. The normalized spacial score (nSPS) is 11.0. The molecule has 0 spiro atoms. The first-order valence-electron chi connectivity index (χ1n) is 6.62. The number of nitrogens with one attached hydrogen (secondary N) is 1. The third-order valence-corrected chi connectivity index (χ3v) is 3.62. The van der Waals surface area contributed by atoms with Gasteiger partial charge in [-0.2, -0.15) is 0 Å². The van der Waals surface area contributed by atoms with Gasteiger partial charge in [-0.25, -0.2) is 0 Å². The molecule has 0 aromatic heterocycles. The summed E-state index contributed by atoms with van der Waals surface area (Å²) in [5.74, 6) is 0.530. The number of carbonyl (C=O) groups is 1. The SMILES string of the molecule is CNC(=O)/C(=N/OC)c1ccccc1Oc1ccc(Cl)c(Cl)c1. The predicted molar refractivity (Wildman–Crippen MR) is 90.6 cm³/mol. The minimum atomic E-state index is -0.392. The van der Waals surface area contributed by atoms with Crippen molar-refractivity contribution in [1.82, 2.24) is 5.32 Å². The highest BCUT2D eigenvalue weighted by molar-refractivity contribution is 6.45. The van der Waals surface area contributed by atoms with E-state index in [1.54, 1.807) is 42.5 Å². The Morgan fingerprint density at radius 1 is 1.13 bits per heavy atom. The van der Waals surface area contributed by atoms with Gasteiger partial charge in [0.05, 0.1) is 15.6 Å². The largest absolute Gasteiger partial charge is 0.457 e. The molecule has 1 N–H and O–H groups in total. The van der Waals surface area contributed by atoms with Gasteiger partial charge >= 0.3 is 0 Å². The highest BCUT2D eigenvalue weighted by atomic mass is 35.5. The summed E-state index contributed by atoms with van der Waals surface area (Å²) in [6.45, 7) is 0. The molecule has 0 aliphatic carbocycles. The van der Waals surface area contributed by atoms with Crippen molar-refractivity contribution in [2.45, 2.75) is 0 Å². The first-order valence-corrected chi connectivity index (χ1v) is 7.38. The van der Waals surface area contributed by atoms with Crippen LogP contribution in [0.5, 0.6) is 11.5 Å². The summed E-state index contributed by atoms with van der Waals surface area (Å²) in [4.78, 5) is 16.7. The summed E-state index contributed by atoms with van der Waals surface area (Å²) < 4.78 is 5.81. The maximum absolute atomic E-state index is 12.0. The molecule has 1 amide bonds. The zero-order chi connectivity index (χ0) is 16.8. The van der Waals surface area contributed by atoms with Crippen molar-refractivity contribution in [3.63, 3.8) is 0 Å². The molecular formula is C16H14Cl2N2O3. The number of benzene rings is 2. The second kappa shape index (κ2) is 7.85. The molecule has 0 heterocycles. The fourth-order valence-electron chi connectivity index (χ4n) is 1.84. The number of oxime groups is 1. The topological polar surface area (TPSA) is 59.9 Å². The van der Waals surface area contributed by atoms with E-state index in [4.69, 9.17) is 32.8 Å². The van der Waals surface area contributed by atoms with Crippen LogP contribution < -0.4 is 10.1 Å². The molecular weight excluding hydrogens is 339 g/mol. The second-order valence-electron chi connectivity index (χ2n) is 4.38. The van der Waals surface area contributed by atoms with Gasteiger partial charge in [0.1, 0.15) is 18.6 Å². The van der Waals surface area contributed by atoms with Crippen molar-refractivity contribution in [2.24, 2.45) is 5.16 Å². The van der Waals surface area contributed by atoms with Crippen LogP contribution in [-0.4, -0.2) is 25.8 Å². The van der Waals surface area contributed by atoms with Gasteiger partial charge in [-0.05, 0) is 24.3 Å². The average molecular weight is 353 g/mol. The van der Waals surface area contributed by atoms with E-state index in [2.05, 4.69) is 10.5 Å². The number of hydrogen-bond donors (Lipinski definition) is 1. The summed E-state index contributed by atoms with van der Waals surface area (Å²) >= 11 is 11.9. The number of para-hydroxylation sites is 1.